The van der Waals surface area contributed by atoms with Crippen molar-refractivity contribution in [3.63, 3.8) is 0 Å². The van der Waals surface area contributed by atoms with Crippen LogP contribution in [0.1, 0.15) is 31.0 Å². The summed E-state index contributed by atoms with van der Waals surface area (Å²) in [4.78, 5) is 4.59. The van der Waals surface area contributed by atoms with Gasteiger partial charge in [-0.3, -0.25) is 10.1 Å². The molecule has 0 saturated heterocycles. The van der Waals surface area contributed by atoms with Gasteiger partial charge >= 0.3 is 0 Å². The van der Waals surface area contributed by atoms with E-state index < -0.39 is 0 Å². The fraction of sp³-hybridized carbons (Fsp3) is 0.750. The number of methoxy groups -OCH3 is 1. The first-order valence-corrected chi connectivity index (χ1v) is 8.35. The minimum atomic E-state index is 0.646. The van der Waals surface area contributed by atoms with Gasteiger partial charge in [0.15, 0.2) is 5.96 Å². The molecule has 1 heterocycles. The highest BCUT2D eigenvalue weighted by Crippen LogP contribution is 2.05. The largest absolute Gasteiger partial charge is 0.382 e. The Balaban J connectivity index is 2.15. The number of hydrogen-bond acceptors (Lipinski definition) is 4. The van der Waals surface area contributed by atoms with E-state index in [0.717, 1.165) is 57.2 Å². The predicted octanol–water partition coefficient (Wildman–Crippen LogP) is 1.26. The molecule has 7 nitrogen and oxygen atoms in total. The highest BCUT2D eigenvalue weighted by atomic mass is 16.5. The highest BCUT2D eigenvalue weighted by Gasteiger charge is 2.00. The van der Waals surface area contributed by atoms with Gasteiger partial charge in [0.25, 0.3) is 0 Å². The first kappa shape index (κ1) is 19.4. The monoisotopic (exact) mass is 325 g/mol. The number of aryl methyl sites for hydroxylation is 2. The lowest BCUT2D eigenvalue weighted by Crippen LogP contribution is -2.38. The van der Waals surface area contributed by atoms with E-state index >= 15 is 0 Å². The molecule has 0 aliphatic rings. The van der Waals surface area contributed by atoms with Crippen LogP contribution in [0.15, 0.2) is 11.2 Å². The number of hydrogen-bond donors (Lipinski definition) is 3. The molecule has 132 valence electrons. The van der Waals surface area contributed by atoms with Crippen molar-refractivity contribution in [1.29, 1.82) is 0 Å². The van der Waals surface area contributed by atoms with Crippen molar-refractivity contribution < 1.29 is 9.47 Å². The Hall–Kier alpha value is -1.60. The van der Waals surface area contributed by atoms with Gasteiger partial charge < -0.3 is 20.1 Å². The maximum absolute atomic E-state index is 5.43. The van der Waals surface area contributed by atoms with E-state index in [1.807, 2.05) is 13.1 Å². The summed E-state index contributed by atoms with van der Waals surface area (Å²) in [6, 6.07) is 0. The Morgan fingerprint density at radius 3 is 2.83 bits per heavy atom. The molecule has 0 atom stereocenters. The molecule has 0 aromatic carbocycles. The molecule has 0 radical (unpaired) electrons. The van der Waals surface area contributed by atoms with Crippen LogP contribution in [0.4, 0.5) is 0 Å². The quantitative estimate of drug-likeness (QED) is 0.306. The Bertz CT molecular complexity index is 434. The van der Waals surface area contributed by atoms with Crippen molar-refractivity contribution in [2.24, 2.45) is 4.99 Å². The lowest BCUT2D eigenvalue weighted by molar-refractivity contribution is 0.0698. The second-order valence-corrected chi connectivity index (χ2v) is 5.27. The number of rotatable bonds is 12. The van der Waals surface area contributed by atoms with Crippen molar-refractivity contribution in [2.45, 2.75) is 33.1 Å². The zero-order valence-electron chi connectivity index (χ0n) is 14.7. The summed E-state index contributed by atoms with van der Waals surface area (Å²) in [5, 5.41) is 13.6. The van der Waals surface area contributed by atoms with E-state index in [1.54, 1.807) is 7.11 Å². The van der Waals surface area contributed by atoms with Gasteiger partial charge in [-0.2, -0.15) is 5.10 Å². The standard InChI is InChI=1S/C16H31N5O2/c1-4-17-16(19-9-6-10-23-12-11-22-3)18-8-5-7-15-13-20-21-14(15)2/h13H,4-12H2,1-3H3,(H,20,21)(H2,17,18,19). The molecule has 0 unspecified atom stereocenters. The number of nitrogens with zero attached hydrogens (tertiary/aromatic N) is 2. The lowest BCUT2D eigenvalue weighted by Gasteiger charge is -2.11. The molecule has 23 heavy (non-hydrogen) atoms. The smallest absolute Gasteiger partial charge is 0.191 e. The van der Waals surface area contributed by atoms with Gasteiger partial charge in [0.1, 0.15) is 0 Å². The zero-order valence-corrected chi connectivity index (χ0v) is 14.7. The average Bonchev–Trinajstić information content (AvgIpc) is 2.95. The van der Waals surface area contributed by atoms with Gasteiger partial charge in [-0.25, -0.2) is 0 Å². The van der Waals surface area contributed by atoms with Gasteiger partial charge in [-0.1, -0.05) is 0 Å². The minimum Gasteiger partial charge on any atom is -0.382 e. The van der Waals surface area contributed by atoms with Gasteiger partial charge in [0, 0.05) is 39.0 Å². The molecule has 0 amide bonds. The van der Waals surface area contributed by atoms with Crippen LogP contribution in [-0.4, -0.2) is 62.7 Å². The van der Waals surface area contributed by atoms with Crippen molar-refractivity contribution in [3.8, 4) is 0 Å². The number of ether oxygens (including phenoxy) is 2. The second kappa shape index (κ2) is 12.9. The zero-order chi connectivity index (χ0) is 16.8. The summed E-state index contributed by atoms with van der Waals surface area (Å²) < 4.78 is 10.4. The van der Waals surface area contributed by atoms with Crippen LogP contribution < -0.4 is 10.6 Å². The molecule has 0 spiro atoms. The van der Waals surface area contributed by atoms with Crippen LogP contribution in [0.3, 0.4) is 0 Å². The first-order valence-electron chi connectivity index (χ1n) is 8.35. The third kappa shape index (κ3) is 9.20. The molecule has 1 rings (SSSR count). The average molecular weight is 325 g/mol. The number of guanidine groups is 1. The van der Waals surface area contributed by atoms with Crippen LogP contribution >= 0.6 is 0 Å². The number of H-pyrrole nitrogens is 1. The lowest BCUT2D eigenvalue weighted by atomic mass is 10.1. The Labute approximate surface area is 139 Å². The van der Waals surface area contributed by atoms with Crippen LogP contribution in [0.5, 0.6) is 0 Å². The van der Waals surface area contributed by atoms with Crippen LogP contribution in [0, 0.1) is 6.92 Å². The number of aromatic amines is 1. The number of aliphatic imine (C=N–C) groups is 1. The van der Waals surface area contributed by atoms with Crippen LogP contribution in [0.2, 0.25) is 0 Å². The molecule has 3 N–H and O–H groups in total. The molecule has 1 aromatic heterocycles. The molecule has 0 aliphatic heterocycles. The highest BCUT2D eigenvalue weighted by molar-refractivity contribution is 5.79. The van der Waals surface area contributed by atoms with Crippen LogP contribution in [-0.2, 0) is 15.9 Å². The predicted molar refractivity (Wildman–Crippen MR) is 92.9 cm³/mol. The molecule has 0 saturated carbocycles. The van der Waals surface area contributed by atoms with E-state index in [4.69, 9.17) is 9.47 Å². The molecule has 7 heteroatoms. The molecule has 1 aromatic rings. The molecule has 0 fully saturated rings. The second-order valence-electron chi connectivity index (χ2n) is 5.27. The van der Waals surface area contributed by atoms with E-state index in [0.29, 0.717) is 13.2 Å². The van der Waals surface area contributed by atoms with Crippen molar-refractivity contribution >= 4 is 5.96 Å². The minimum absolute atomic E-state index is 0.646. The van der Waals surface area contributed by atoms with Crippen molar-refractivity contribution in [1.82, 2.24) is 20.8 Å². The summed E-state index contributed by atoms with van der Waals surface area (Å²) in [5.41, 5.74) is 2.42. The van der Waals surface area contributed by atoms with Gasteiger partial charge in [-0.15, -0.1) is 0 Å². The Kier molecular flexibility index (Phi) is 10.9. The number of aromatic nitrogens is 2. The Morgan fingerprint density at radius 1 is 1.26 bits per heavy atom. The topological polar surface area (TPSA) is 83.6 Å². The summed E-state index contributed by atoms with van der Waals surface area (Å²) in [6.07, 6.45) is 4.85. The van der Waals surface area contributed by atoms with E-state index in [9.17, 15) is 0 Å². The van der Waals surface area contributed by atoms with E-state index in [1.165, 1.54) is 5.56 Å². The summed E-state index contributed by atoms with van der Waals surface area (Å²) in [6.45, 7) is 8.65. The van der Waals surface area contributed by atoms with Gasteiger partial charge in [0.2, 0.25) is 0 Å². The van der Waals surface area contributed by atoms with Gasteiger partial charge in [-0.05, 0) is 38.7 Å². The summed E-state index contributed by atoms with van der Waals surface area (Å²) in [7, 11) is 1.68. The Morgan fingerprint density at radius 2 is 2.13 bits per heavy atom. The summed E-state index contributed by atoms with van der Waals surface area (Å²) in [5.74, 6) is 0.869. The third-order valence-corrected chi connectivity index (χ3v) is 3.34. The third-order valence-electron chi connectivity index (χ3n) is 3.34. The fourth-order valence-electron chi connectivity index (χ4n) is 2.06. The fourth-order valence-corrected chi connectivity index (χ4v) is 2.06. The SMILES string of the molecule is CCNC(=NCCCc1cn[nH]c1C)NCCCOCCOC. The maximum Gasteiger partial charge on any atom is 0.191 e. The van der Waals surface area contributed by atoms with Gasteiger partial charge in [0.05, 0.1) is 19.4 Å². The van der Waals surface area contributed by atoms with Crippen molar-refractivity contribution in [2.75, 3.05) is 46.6 Å². The molecular formula is C16H31N5O2. The van der Waals surface area contributed by atoms with E-state index in [2.05, 4.69) is 32.7 Å². The normalized spacial score (nSPS) is 11.7. The first-order chi connectivity index (χ1) is 11.3. The van der Waals surface area contributed by atoms with Crippen molar-refractivity contribution in [3.05, 3.63) is 17.5 Å². The number of nitrogens with one attached hydrogen (secondary N) is 3. The molecule has 0 aliphatic carbocycles. The van der Waals surface area contributed by atoms with Crippen LogP contribution in [0.25, 0.3) is 0 Å². The van der Waals surface area contributed by atoms with E-state index in [-0.39, 0.29) is 0 Å². The maximum atomic E-state index is 5.43. The summed E-state index contributed by atoms with van der Waals surface area (Å²) >= 11 is 0. The molecular weight excluding hydrogens is 294 g/mol. The molecule has 0 bridgehead atoms.